The molecule has 1 heterocycles. The van der Waals surface area contributed by atoms with E-state index in [1.54, 1.807) is 0 Å². The quantitative estimate of drug-likeness (QED) is 0.742. The van der Waals surface area contributed by atoms with Gasteiger partial charge >= 0.3 is 6.09 Å². The van der Waals surface area contributed by atoms with E-state index in [4.69, 9.17) is 10.8 Å². The Bertz CT molecular complexity index is 237. The predicted octanol–water partition coefficient (Wildman–Crippen LogP) is 1.36. The third kappa shape index (κ3) is 2.43. The summed E-state index contributed by atoms with van der Waals surface area (Å²) in [6, 6.07) is 0. The third-order valence-corrected chi connectivity index (χ3v) is 3.93. The van der Waals surface area contributed by atoms with E-state index in [0.717, 1.165) is 56.7 Å². The van der Waals surface area contributed by atoms with Crippen LogP contribution in [0.15, 0.2) is 0 Å². The highest BCUT2D eigenvalue weighted by Gasteiger charge is 2.42. The van der Waals surface area contributed by atoms with Gasteiger partial charge in [-0.1, -0.05) is 0 Å². The van der Waals surface area contributed by atoms with Crippen LogP contribution in [-0.4, -0.2) is 35.7 Å². The molecule has 0 unspecified atom stereocenters. The van der Waals surface area contributed by atoms with E-state index in [2.05, 4.69) is 0 Å². The number of rotatable bonds is 3. The highest BCUT2D eigenvalue weighted by molar-refractivity contribution is 5.64. The molecule has 2 fully saturated rings. The van der Waals surface area contributed by atoms with Gasteiger partial charge in [-0.25, -0.2) is 4.79 Å². The van der Waals surface area contributed by atoms with Crippen molar-refractivity contribution in [1.82, 2.24) is 4.90 Å². The molecule has 1 aliphatic carbocycles. The maximum atomic E-state index is 10.7. The first-order valence-corrected chi connectivity index (χ1v) is 5.90. The summed E-state index contributed by atoms with van der Waals surface area (Å²) in [6.07, 6.45) is 3.83. The minimum Gasteiger partial charge on any atom is -0.465 e. The average molecular weight is 212 g/mol. The molecule has 0 spiro atoms. The van der Waals surface area contributed by atoms with Gasteiger partial charge in [0.25, 0.3) is 0 Å². The first-order chi connectivity index (χ1) is 7.22. The number of amides is 1. The largest absolute Gasteiger partial charge is 0.465 e. The monoisotopic (exact) mass is 212 g/mol. The van der Waals surface area contributed by atoms with Crippen molar-refractivity contribution in [3.05, 3.63) is 0 Å². The van der Waals surface area contributed by atoms with Crippen LogP contribution in [0.2, 0.25) is 0 Å². The molecular weight excluding hydrogens is 192 g/mol. The Labute approximate surface area is 90.4 Å². The van der Waals surface area contributed by atoms with Gasteiger partial charge in [-0.3, -0.25) is 0 Å². The Morgan fingerprint density at radius 3 is 2.60 bits per heavy atom. The average Bonchev–Trinajstić information content (AvgIpc) is 2.98. The fourth-order valence-corrected chi connectivity index (χ4v) is 2.91. The zero-order valence-corrected chi connectivity index (χ0v) is 9.06. The summed E-state index contributed by atoms with van der Waals surface area (Å²) in [5.41, 5.74) is 5.54. The van der Waals surface area contributed by atoms with Gasteiger partial charge in [0.2, 0.25) is 0 Å². The van der Waals surface area contributed by atoms with Crippen LogP contribution in [0.3, 0.4) is 0 Å². The summed E-state index contributed by atoms with van der Waals surface area (Å²) in [7, 11) is 0. The number of nitrogens with two attached hydrogens (primary N) is 1. The van der Waals surface area contributed by atoms with Crippen molar-refractivity contribution in [3.63, 3.8) is 0 Å². The Morgan fingerprint density at radius 2 is 2.07 bits per heavy atom. The molecule has 0 aromatic rings. The number of hydrogen-bond donors (Lipinski definition) is 2. The molecule has 0 bridgehead atoms. The molecule has 3 N–H and O–H groups in total. The van der Waals surface area contributed by atoms with Gasteiger partial charge in [0.15, 0.2) is 0 Å². The van der Waals surface area contributed by atoms with E-state index in [0.29, 0.717) is 0 Å². The molecule has 0 aromatic carbocycles. The predicted molar refractivity (Wildman–Crippen MR) is 57.6 cm³/mol. The molecule has 4 heteroatoms. The van der Waals surface area contributed by atoms with Gasteiger partial charge in [0.1, 0.15) is 0 Å². The van der Waals surface area contributed by atoms with Gasteiger partial charge in [-0.05, 0) is 50.0 Å². The first kappa shape index (κ1) is 10.7. The molecule has 1 saturated carbocycles. The van der Waals surface area contributed by atoms with Crippen LogP contribution in [0, 0.1) is 17.8 Å². The number of hydrogen-bond acceptors (Lipinski definition) is 2. The molecule has 0 aromatic heterocycles. The van der Waals surface area contributed by atoms with Crippen LogP contribution in [0.4, 0.5) is 4.79 Å². The Morgan fingerprint density at radius 1 is 1.40 bits per heavy atom. The molecule has 1 saturated heterocycles. The number of likely N-dealkylation sites (tertiary alicyclic amines) is 1. The Balaban J connectivity index is 1.73. The number of piperidine rings is 1. The van der Waals surface area contributed by atoms with Crippen molar-refractivity contribution < 1.29 is 9.90 Å². The summed E-state index contributed by atoms with van der Waals surface area (Å²) in [5, 5.41) is 8.82. The SMILES string of the molecule is NCC[C@@H]1C[C@H]1C1CCN(C(=O)O)CC1. The number of carboxylic acid groups (broad SMARTS) is 1. The smallest absolute Gasteiger partial charge is 0.407 e. The summed E-state index contributed by atoms with van der Waals surface area (Å²) < 4.78 is 0. The second-order valence-electron chi connectivity index (χ2n) is 4.84. The van der Waals surface area contributed by atoms with Crippen LogP contribution in [-0.2, 0) is 0 Å². The Kier molecular flexibility index (Phi) is 3.14. The second kappa shape index (κ2) is 4.39. The highest BCUT2D eigenvalue weighted by atomic mass is 16.4. The van der Waals surface area contributed by atoms with Gasteiger partial charge < -0.3 is 15.7 Å². The van der Waals surface area contributed by atoms with Crippen LogP contribution < -0.4 is 5.73 Å². The maximum absolute atomic E-state index is 10.7. The zero-order chi connectivity index (χ0) is 10.8. The lowest BCUT2D eigenvalue weighted by molar-refractivity contribution is 0.120. The molecule has 2 aliphatic rings. The lowest BCUT2D eigenvalue weighted by Crippen LogP contribution is -2.38. The van der Waals surface area contributed by atoms with E-state index < -0.39 is 6.09 Å². The maximum Gasteiger partial charge on any atom is 0.407 e. The van der Waals surface area contributed by atoms with Gasteiger partial charge in [-0.2, -0.15) is 0 Å². The van der Waals surface area contributed by atoms with Gasteiger partial charge in [-0.15, -0.1) is 0 Å². The van der Waals surface area contributed by atoms with Crippen molar-refractivity contribution in [1.29, 1.82) is 0 Å². The minimum atomic E-state index is -0.761. The van der Waals surface area contributed by atoms with E-state index in [1.165, 1.54) is 11.3 Å². The molecule has 0 radical (unpaired) electrons. The zero-order valence-electron chi connectivity index (χ0n) is 9.06. The van der Waals surface area contributed by atoms with Crippen LogP contribution >= 0.6 is 0 Å². The van der Waals surface area contributed by atoms with Gasteiger partial charge in [0, 0.05) is 13.1 Å². The normalized spacial score (nSPS) is 31.7. The molecule has 86 valence electrons. The summed E-state index contributed by atoms with van der Waals surface area (Å²) >= 11 is 0. The summed E-state index contributed by atoms with van der Waals surface area (Å²) in [5.74, 6) is 2.46. The summed E-state index contributed by atoms with van der Waals surface area (Å²) in [4.78, 5) is 12.3. The first-order valence-electron chi connectivity index (χ1n) is 5.90. The standard InChI is InChI=1S/C11H20N2O2/c12-4-1-9-7-10(9)8-2-5-13(6-3-8)11(14)15/h8-10H,1-7,12H2,(H,14,15)/t9-,10+/m1/s1. The highest BCUT2D eigenvalue weighted by Crippen LogP contribution is 2.49. The fourth-order valence-electron chi connectivity index (χ4n) is 2.91. The van der Waals surface area contributed by atoms with E-state index in [-0.39, 0.29) is 0 Å². The minimum absolute atomic E-state index is 0.728. The number of nitrogens with zero attached hydrogens (tertiary/aromatic N) is 1. The molecule has 15 heavy (non-hydrogen) atoms. The van der Waals surface area contributed by atoms with Crippen molar-refractivity contribution in [2.75, 3.05) is 19.6 Å². The van der Waals surface area contributed by atoms with Gasteiger partial charge in [0.05, 0.1) is 0 Å². The summed E-state index contributed by atoms with van der Waals surface area (Å²) in [6.45, 7) is 2.26. The van der Waals surface area contributed by atoms with E-state index >= 15 is 0 Å². The van der Waals surface area contributed by atoms with E-state index in [1.807, 2.05) is 0 Å². The van der Waals surface area contributed by atoms with Crippen molar-refractivity contribution in [2.45, 2.75) is 25.7 Å². The van der Waals surface area contributed by atoms with Crippen molar-refractivity contribution >= 4 is 6.09 Å². The lowest BCUT2D eigenvalue weighted by Gasteiger charge is -2.30. The van der Waals surface area contributed by atoms with Crippen LogP contribution in [0.5, 0.6) is 0 Å². The Hall–Kier alpha value is -0.770. The van der Waals surface area contributed by atoms with Crippen LogP contribution in [0.1, 0.15) is 25.7 Å². The second-order valence-corrected chi connectivity index (χ2v) is 4.84. The van der Waals surface area contributed by atoms with Crippen LogP contribution in [0.25, 0.3) is 0 Å². The molecule has 1 amide bonds. The van der Waals surface area contributed by atoms with E-state index in [9.17, 15) is 4.79 Å². The topological polar surface area (TPSA) is 66.6 Å². The molecule has 2 rings (SSSR count). The van der Waals surface area contributed by atoms with Crippen molar-refractivity contribution in [2.24, 2.45) is 23.5 Å². The van der Waals surface area contributed by atoms with Crippen molar-refractivity contribution in [3.8, 4) is 0 Å². The molecule has 4 nitrogen and oxygen atoms in total. The molecule has 2 atom stereocenters. The molecule has 1 aliphatic heterocycles. The lowest BCUT2D eigenvalue weighted by atomic mass is 9.90. The number of carbonyl (C=O) groups is 1. The molecular formula is C11H20N2O2. The third-order valence-electron chi connectivity index (χ3n) is 3.93. The fraction of sp³-hybridized carbons (Fsp3) is 0.909.